The van der Waals surface area contributed by atoms with Crippen molar-refractivity contribution in [2.24, 2.45) is 0 Å². The van der Waals surface area contributed by atoms with Gasteiger partial charge in [-0.2, -0.15) is 0 Å². The summed E-state index contributed by atoms with van der Waals surface area (Å²) in [6, 6.07) is 0.395. The summed E-state index contributed by atoms with van der Waals surface area (Å²) in [5.41, 5.74) is 0. The van der Waals surface area contributed by atoms with Gasteiger partial charge in [-0.15, -0.1) is 5.10 Å². The van der Waals surface area contributed by atoms with Crippen molar-refractivity contribution in [1.29, 1.82) is 0 Å². The quantitative estimate of drug-likeness (QED) is 0.755. The van der Waals surface area contributed by atoms with E-state index in [2.05, 4.69) is 15.5 Å². The van der Waals surface area contributed by atoms with Crippen molar-refractivity contribution >= 4 is 17.7 Å². The summed E-state index contributed by atoms with van der Waals surface area (Å²) in [7, 11) is 0. The van der Waals surface area contributed by atoms with E-state index in [1.807, 2.05) is 30.4 Å². The molecule has 0 saturated heterocycles. The zero-order valence-electron chi connectivity index (χ0n) is 13.2. The first-order valence-corrected chi connectivity index (χ1v) is 8.78. The molecule has 1 aromatic heterocycles. The van der Waals surface area contributed by atoms with Crippen LogP contribution < -0.4 is 0 Å². The third-order valence-electron chi connectivity index (χ3n) is 4.09. The maximum Gasteiger partial charge on any atom is 0.235 e. The van der Waals surface area contributed by atoms with Crippen LogP contribution in [-0.2, 0) is 4.79 Å². The van der Waals surface area contributed by atoms with E-state index < -0.39 is 0 Å². The van der Waals surface area contributed by atoms with Crippen molar-refractivity contribution in [3.63, 3.8) is 0 Å². The topological polar surface area (TPSA) is 63.9 Å². The Labute approximate surface area is 130 Å². The summed E-state index contributed by atoms with van der Waals surface area (Å²) in [5.74, 6) is 0.156. The van der Waals surface area contributed by atoms with Crippen LogP contribution in [0.4, 0.5) is 0 Å². The van der Waals surface area contributed by atoms with Crippen LogP contribution >= 0.6 is 11.8 Å². The Morgan fingerprint density at radius 2 is 2.00 bits per heavy atom. The Bertz CT molecular complexity index is 454. The van der Waals surface area contributed by atoms with Gasteiger partial charge >= 0.3 is 0 Å². The summed E-state index contributed by atoms with van der Waals surface area (Å²) >= 11 is 1.47. The predicted octanol–water partition coefficient (Wildman–Crippen LogP) is 2.53. The zero-order valence-corrected chi connectivity index (χ0v) is 14.0. The summed E-state index contributed by atoms with van der Waals surface area (Å²) in [6.45, 7) is 7.43. The lowest BCUT2D eigenvalue weighted by molar-refractivity contribution is -0.129. The molecular formula is C14H25N5OS. The van der Waals surface area contributed by atoms with Gasteiger partial charge in [-0.3, -0.25) is 4.79 Å². The Kier molecular flexibility index (Phi) is 6.02. The SMILES string of the molecule is CCN(CC)C(=O)C(C)Sc1nnnn1C1CCCCC1. The Hall–Kier alpha value is -1.11. The maximum absolute atomic E-state index is 12.3. The maximum atomic E-state index is 12.3. The minimum atomic E-state index is -0.154. The number of thioether (sulfide) groups is 1. The number of carbonyl (C=O) groups is 1. The molecule has 1 saturated carbocycles. The minimum Gasteiger partial charge on any atom is -0.342 e. The van der Waals surface area contributed by atoms with Crippen LogP contribution in [0.3, 0.4) is 0 Å². The lowest BCUT2D eigenvalue weighted by Gasteiger charge is -2.24. The zero-order chi connectivity index (χ0) is 15.2. The van der Waals surface area contributed by atoms with Gasteiger partial charge in [0.05, 0.1) is 11.3 Å². The molecule has 1 aliphatic carbocycles. The molecule has 1 atom stereocenters. The molecule has 118 valence electrons. The first kappa shape index (κ1) is 16.3. The fourth-order valence-electron chi connectivity index (χ4n) is 2.82. The van der Waals surface area contributed by atoms with Crippen molar-refractivity contribution in [1.82, 2.24) is 25.1 Å². The number of amides is 1. The smallest absolute Gasteiger partial charge is 0.235 e. The first-order chi connectivity index (χ1) is 10.2. The predicted molar refractivity (Wildman–Crippen MR) is 83.2 cm³/mol. The summed E-state index contributed by atoms with van der Waals surface area (Å²) in [6.07, 6.45) is 6.05. The van der Waals surface area contributed by atoms with Gasteiger partial charge in [-0.25, -0.2) is 4.68 Å². The van der Waals surface area contributed by atoms with E-state index in [-0.39, 0.29) is 11.2 Å². The van der Waals surface area contributed by atoms with Gasteiger partial charge in [0.1, 0.15) is 0 Å². The van der Waals surface area contributed by atoms with Gasteiger partial charge in [-0.05, 0) is 44.0 Å². The fourth-order valence-corrected chi connectivity index (χ4v) is 3.76. The van der Waals surface area contributed by atoms with E-state index in [4.69, 9.17) is 0 Å². The molecule has 0 bridgehead atoms. The lowest BCUT2D eigenvalue weighted by Crippen LogP contribution is -2.36. The molecule has 1 aromatic rings. The van der Waals surface area contributed by atoms with Crippen molar-refractivity contribution in [2.45, 2.75) is 69.3 Å². The molecule has 1 heterocycles. The van der Waals surface area contributed by atoms with Gasteiger partial charge in [0, 0.05) is 13.1 Å². The summed E-state index contributed by atoms with van der Waals surface area (Å²) in [5, 5.41) is 12.7. The number of carbonyl (C=O) groups excluding carboxylic acids is 1. The first-order valence-electron chi connectivity index (χ1n) is 7.90. The molecule has 0 aromatic carbocycles. The molecular weight excluding hydrogens is 286 g/mol. The van der Waals surface area contributed by atoms with Crippen LogP contribution in [-0.4, -0.2) is 49.4 Å². The molecule has 6 nitrogen and oxygen atoms in total. The molecule has 21 heavy (non-hydrogen) atoms. The fraction of sp³-hybridized carbons (Fsp3) is 0.857. The van der Waals surface area contributed by atoms with Gasteiger partial charge in [0.15, 0.2) is 0 Å². The van der Waals surface area contributed by atoms with Gasteiger partial charge in [0.2, 0.25) is 11.1 Å². The van der Waals surface area contributed by atoms with Crippen LogP contribution in [0.15, 0.2) is 5.16 Å². The number of hydrogen-bond acceptors (Lipinski definition) is 5. The van der Waals surface area contributed by atoms with E-state index in [1.54, 1.807) is 0 Å². The van der Waals surface area contributed by atoms with Crippen LogP contribution in [0.2, 0.25) is 0 Å². The van der Waals surface area contributed by atoms with Crippen molar-refractivity contribution < 1.29 is 4.79 Å². The van der Waals surface area contributed by atoms with E-state index >= 15 is 0 Å². The van der Waals surface area contributed by atoms with Crippen LogP contribution in [0.25, 0.3) is 0 Å². The largest absolute Gasteiger partial charge is 0.342 e. The molecule has 0 aliphatic heterocycles. The summed E-state index contributed by atoms with van der Waals surface area (Å²) < 4.78 is 1.93. The number of hydrogen-bond donors (Lipinski definition) is 0. The Balaban J connectivity index is 2.02. The average Bonchev–Trinajstić information content (AvgIpc) is 2.97. The number of tetrazole rings is 1. The second-order valence-electron chi connectivity index (χ2n) is 5.47. The average molecular weight is 311 g/mol. The third-order valence-corrected chi connectivity index (χ3v) is 5.12. The molecule has 0 spiro atoms. The minimum absolute atomic E-state index is 0.154. The van der Waals surface area contributed by atoms with Gasteiger partial charge in [0.25, 0.3) is 0 Å². The molecule has 1 unspecified atom stereocenters. The lowest BCUT2D eigenvalue weighted by atomic mass is 9.96. The molecule has 1 amide bonds. The highest BCUT2D eigenvalue weighted by Crippen LogP contribution is 2.31. The number of rotatable bonds is 6. The Morgan fingerprint density at radius 3 is 2.62 bits per heavy atom. The number of nitrogens with zero attached hydrogens (tertiary/aromatic N) is 5. The molecule has 7 heteroatoms. The second-order valence-corrected chi connectivity index (χ2v) is 6.78. The van der Waals surface area contributed by atoms with Crippen molar-refractivity contribution in [3.05, 3.63) is 0 Å². The van der Waals surface area contributed by atoms with E-state index in [1.165, 1.54) is 31.0 Å². The van der Waals surface area contributed by atoms with Crippen molar-refractivity contribution in [3.8, 4) is 0 Å². The molecule has 0 N–H and O–H groups in total. The molecule has 2 rings (SSSR count). The molecule has 0 radical (unpaired) electrons. The highest BCUT2D eigenvalue weighted by atomic mass is 32.2. The normalized spacial score (nSPS) is 17.7. The van der Waals surface area contributed by atoms with Gasteiger partial charge < -0.3 is 4.90 Å². The van der Waals surface area contributed by atoms with Crippen molar-refractivity contribution in [2.75, 3.05) is 13.1 Å². The van der Waals surface area contributed by atoms with Gasteiger partial charge in [-0.1, -0.05) is 31.0 Å². The highest BCUT2D eigenvalue weighted by Gasteiger charge is 2.25. The second kappa shape index (κ2) is 7.77. The highest BCUT2D eigenvalue weighted by molar-refractivity contribution is 8.00. The van der Waals surface area contributed by atoms with Crippen LogP contribution in [0, 0.1) is 0 Å². The number of aromatic nitrogens is 4. The van der Waals surface area contributed by atoms with Crippen LogP contribution in [0.5, 0.6) is 0 Å². The summed E-state index contributed by atoms with van der Waals surface area (Å²) in [4.78, 5) is 14.2. The Morgan fingerprint density at radius 1 is 1.33 bits per heavy atom. The molecule has 1 fully saturated rings. The standard InChI is InChI=1S/C14H25N5OS/c1-4-18(5-2)13(20)11(3)21-14-15-16-17-19(14)12-9-7-6-8-10-12/h11-12H,4-10H2,1-3H3. The monoisotopic (exact) mass is 311 g/mol. The van der Waals surface area contributed by atoms with E-state index in [0.29, 0.717) is 6.04 Å². The third kappa shape index (κ3) is 3.96. The molecule has 1 aliphatic rings. The van der Waals surface area contributed by atoms with Crippen LogP contribution in [0.1, 0.15) is 58.9 Å². The van der Waals surface area contributed by atoms with E-state index in [0.717, 1.165) is 31.1 Å². The van der Waals surface area contributed by atoms with E-state index in [9.17, 15) is 4.79 Å².